The first-order valence-electron chi connectivity index (χ1n) is 7.11. The summed E-state index contributed by atoms with van der Waals surface area (Å²) >= 11 is 3.46. The third kappa shape index (κ3) is 4.98. The van der Waals surface area contributed by atoms with Crippen LogP contribution in [-0.4, -0.2) is 28.3 Å². The number of carbonyl (C=O) groups excluding carboxylic acids is 2. The molecule has 1 N–H and O–H groups in total. The molecule has 22 heavy (non-hydrogen) atoms. The van der Waals surface area contributed by atoms with Gasteiger partial charge in [-0.25, -0.2) is 4.79 Å². The summed E-state index contributed by atoms with van der Waals surface area (Å²) in [5.41, 5.74) is 2.34. The number of halogens is 1. The lowest BCUT2D eigenvalue weighted by atomic mass is 10.1. The Morgan fingerprint density at radius 2 is 2.09 bits per heavy atom. The zero-order chi connectivity index (χ0) is 16.9. The fourth-order valence-electron chi connectivity index (χ4n) is 1.91. The largest absolute Gasteiger partial charge is 0.463 e. The number of allylic oxidation sites excluding steroid dienone is 1. The van der Waals surface area contributed by atoms with E-state index in [2.05, 4.69) is 26.3 Å². The van der Waals surface area contributed by atoms with Gasteiger partial charge in [0.25, 0.3) is 0 Å². The summed E-state index contributed by atoms with van der Waals surface area (Å²) in [7, 11) is 0. The Kier molecular flexibility index (Phi) is 6.80. The Hall–Kier alpha value is -1.63. The van der Waals surface area contributed by atoms with Crippen LogP contribution in [0.3, 0.4) is 0 Å². The minimum absolute atomic E-state index is 0.165. The molecule has 0 saturated heterocycles. The predicted octanol–water partition coefficient (Wildman–Crippen LogP) is 2.48. The zero-order valence-corrected chi connectivity index (χ0v) is 15.2. The van der Waals surface area contributed by atoms with Crippen LogP contribution in [-0.2, 0) is 20.9 Å². The van der Waals surface area contributed by atoms with E-state index in [1.807, 2.05) is 20.8 Å². The van der Waals surface area contributed by atoms with Gasteiger partial charge in [0.2, 0.25) is 5.91 Å². The molecule has 0 fully saturated rings. The van der Waals surface area contributed by atoms with Crippen molar-refractivity contribution in [3.63, 3.8) is 0 Å². The molecule has 1 rings (SSSR count). The number of hydrogen-bond acceptors (Lipinski definition) is 4. The van der Waals surface area contributed by atoms with Crippen molar-refractivity contribution >= 4 is 27.8 Å². The van der Waals surface area contributed by atoms with Gasteiger partial charge in [-0.3, -0.25) is 9.48 Å². The molecule has 0 radical (unpaired) electrons. The van der Waals surface area contributed by atoms with E-state index in [9.17, 15) is 9.59 Å². The molecule has 0 saturated carbocycles. The summed E-state index contributed by atoms with van der Waals surface area (Å²) in [5.74, 6) is -0.910. The topological polar surface area (TPSA) is 73.2 Å². The van der Waals surface area contributed by atoms with Gasteiger partial charge in [0.1, 0.15) is 0 Å². The van der Waals surface area contributed by atoms with Gasteiger partial charge in [-0.2, -0.15) is 5.10 Å². The summed E-state index contributed by atoms with van der Waals surface area (Å²) in [6, 6.07) is 0. The zero-order valence-electron chi connectivity index (χ0n) is 13.6. The average Bonchev–Trinajstić information content (AvgIpc) is 2.66. The Bertz CT molecular complexity index is 593. The predicted molar refractivity (Wildman–Crippen MR) is 87.1 cm³/mol. The van der Waals surface area contributed by atoms with Crippen molar-refractivity contribution < 1.29 is 14.3 Å². The van der Waals surface area contributed by atoms with E-state index in [4.69, 9.17) is 4.74 Å². The quantitative estimate of drug-likeness (QED) is 0.615. The van der Waals surface area contributed by atoms with Gasteiger partial charge in [-0.05, 0) is 43.6 Å². The smallest absolute Gasteiger partial charge is 0.332 e. The molecule has 122 valence electrons. The lowest BCUT2D eigenvalue weighted by Crippen LogP contribution is -2.31. The van der Waals surface area contributed by atoms with Crippen LogP contribution >= 0.6 is 15.9 Å². The van der Waals surface area contributed by atoms with Gasteiger partial charge in [-0.15, -0.1) is 0 Å². The van der Waals surface area contributed by atoms with Gasteiger partial charge < -0.3 is 10.1 Å². The SMILES string of the molecule is CCOC(=O)/C=C(\C)NC(=O)C(C)Cn1nc(C)c(Br)c1C. The van der Waals surface area contributed by atoms with Crippen molar-refractivity contribution in [1.29, 1.82) is 0 Å². The molecule has 1 amide bonds. The number of hydrogen-bond donors (Lipinski definition) is 1. The van der Waals surface area contributed by atoms with Crippen LogP contribution in [0.4, 0.5) is 0 Å². The number of amides is 1. The molecule has 1 aromatic rings. The second kappa shape index (κ2) is 8.12. The number of carbonyl (C=O) groups is 2. The Morgan fingerprint density at radius 1 is 1.45 bits per heavy atom. The number of rotatable bonds is 6. The van der Waals surface area contributed by atoms with E-state index in [-0.39, 0.29) is 11.8 Å². The van der Waals surface area contributed by atoms with Crippen LogP contribution in [0.5, 0.6) is 0 Å². The van der Waals surface area contributed by atoms with Crippen molar-refractivity contribution in [3.05, 3.63) is 27.6 Å². The third-order valence-electron chi connectivity index (χ3n) is 3.13. The van der Waals surface area contributed by atoms with Crippen molar-refractivity contribution in [3.8, 4) is 0 Å². The molecule has 0 bridgehead atoms. The monoisotopic (exact) mass is 371 g/mol. The highest BCUT2D eigenvalue weighted by atomic mass is 79.9. The van der Waals surface area contributed by atoms with Crippen LogP contribution in [0, 0.1) is 19.8 Å². The molecular formula is C15H22BrN3O3. The molecule has 0 aromatic carbocycles. The highest BCUT2D eigenvalue weighted by Crippen LogP contribution is 2.20. The minimum atomic E-state index is -0.463. The van der Waals surface area contributed by atoms with Crippen molar-refractivity contribution in [2.75, 3.05) is 6.61 Å². The van der Waals surface area contributed by atoms with Gasteiger partial charge >= 0.3 is 5.97 Å². The molecule has 6 nitrogen and oxygen atoms in total. The van der Waals surface area contributed by atoms with Crippen LogP contribution in [0.25, 0.3) is 0 Å². The molecule has 0 aliphatic rings. The van der Waals surface area contributed by atoms with Crippen molar-refractivity contribution in [2.45, 2.75) is 41.2 Å². The number of aryl methyl sites for hydroxylation is 1. The molecule has 7 heteroatoms. The van der Waals surface area contributed by atoms with Gasteiger partial charge in [0.15, 0.2) is 0 Å². The van der Waals surface area contributed by atoms with Crippen molar-refractivity contribution in [1.82, 2.24) is 15.1 Å². The Labute approximate surface area is 139 Å². The highest BCUT2D eigenvalue weighted by molar-refractivity contribution is 9.10. The lowest BCUT2D eigenvalue weighted by Gasteiger charge is -2.13. The van der Waals surface area contributed by atoms with Crippen LogP contribution in [0.15, 0.2) is 16.2 Å². The Morgan fingerprint density at radius 3 is 2.59 bits per heavy atom. The standard InChI is InChI=1S/C15H22BrN3O3/c1-6-22-13(20)7-10(3)17-15(21)9(2)8-19-12(5)14(16)11(4)18-19/h7,9H,6,8H2,1-5H3,(H,17,21)/b10-7+. The average molecular weight is 372 g/mol. The summed E-state index contributed by atoms with van der Waals surface area (Å²) < 4.78 is 7.55. The summed E-state index contributed by atoms with van der Waals surface area (Å²) in [6.45, 7) is 9.83. The van der Waals surface area contributed by atoms with Crippen LogP contribution < -0.4 is 5.32 Å². The molecule has 1 unspecified atom stereocenters. The molecule has 1 atom stereocenters. The second-order valence-corrected chi connectivity index (χ2v) is 5.93. The van der Waals surface area contributed by atoms with Gasteiger partial charge in [-0.1, -0.05) is 6.92 Å². The Balaban J connectivity index is 2.65. The molecule has 0 aliphatic heterocycles. The van der Waals surface area contributed by atoms with E-state index in [0.29, 0.717) is 18.8 Å². The minimum Gasteiger partial charge on any atom is -0.463 e. The van der Waals surface area contributed by atoms with Crippen molar-refractivity contribution in [2.24, 2.45) is 5.92 Å². The maximum Gasteiger partial charge on any atom is 0.332 e. The van der Waals surface area contributed by atoms with Crippen LogP contribution in [0.1, 0.15) is 32.2 Å². The molecule has 1 heterocycles. The number of aromatic nitrogens is 2. The summed E-state index contributed by atoms with van der Waals surface area (Å²) in [5, 5.41) is 7.08. The van der Waals surface area contributed by atoms with E-state index in [1.54, 1.807) is 18.5 Å². The third-order valence-corrected chi connectivity index (χ3v) is 4.28. The number of nitrogens with zero attached hydrogens (tertiary/aromatic N) is 2. The van der Waals surface area contributed by atoms with E-state index in [0.717, 1.165) is 15.9 Å². The first-order valence-corrected chi connectivity index (χ1v) is 7.91. The molecule has 0 aliphatic carbocycles. The number of nitrogens with one attached hydrogen (secondary N) is 1. The fraction of sp³-hybridized carbons (Fsp3) is 0.533. The first-order chi connectivity index (χ1) is 10.3. The second-order valence-electron chi connectivity index (χ2n) is 5.14. The molecule has 0 spiro atoms. The maximum absolute atomic E-state index is 12.1. The fourth-order valence-corrected chi connectivity index (χ4v) is 2.19. The van der Waals surface area contributed by atoms with Crippen LogP contribution in [0.2, 0.25) is 0 Å². The summed E-state index contributed by atoms with van der Waals surface area (Å²) in [6.07, 6.45) is 1.27. The maximum atomic E-state index is 12.1. The van der Waals surface area contributed by atoms with E-state index >= 15 is 0 Å². The molecule has 1 aromatic heterocycles. The normalized spacial score (nSPS) is 12.9. The lowest BCUT2D eigenvalue weighted by molar-refractivity contribution is -0.137. The highest BCUT2D eigenvalue weighted by Gasteiger charge is 2.17. The molecular weight excluding hydrogens is 350 g/mol. The van der Waals surface area contributed by atoms with E-state index < -0.39 is 5.97 Å². The summed E-state index contributed by atoms with van der Waals surface area (Å²) in [4.78, 5) is 23.5. The first kappa shape index (κ1) is 18.4. The van der Waals surface area contributed by atoms with Gasteiger partial charge in [0.05, 0.1) is 29.2 Å². The number of esters is 1. The van der Waals surface area contributed by atoms with Gasteiger partial charge in [0, 0.05) is 17.5 Å². The number of ether oxygens (including phenoxy) is 1. The van der Waals surface area contributed by atoms with E-state index in [1.165, 1.54) is 6.08 Å².